The highest BCUT2D eigenvalue weighted by atomic mass is 32.2. The number of carbonyl (C=O) groups is 1. The number of aryl methyl sites for hydroxylation is 1. The number of benzene rings is 2. The second kappa shape index (κ2) is 10.2. The molecular weight excluding hydrogens is 418 g/mol. The van der Waals surface area contributed by atoms with Crippen LogP contribution >= 0.6 is 0 Å². The van der Waals surface area contributed by atoms with E-state index in [-0.39, 0.29) is 18.0 Å². The number of ether oxygens (including phenoxy) is 1. The van der Waals surface area contributed by atoms with Crippen molar-refractivity contribution in [1.29, 1.82) is 0 Å². The summed E-state index contributed by atoms with van der Waals surface area (Å²) in [5.41, 5.74) is 0.937. The van der Waals surface area contributed by atoms with E-state index >= 15 is 0 Å². The molecule has 0 fully saturated rings. The van der Waals surface area contributed by atoms with E-state index in [1.807, 2.05) is 37.3 Å². The fourth-order valence-corrected chi connectivity index (χ4v) is 7.21. The van der Waals surface area contributed by atoms with Crippen LogP contribution in [0.5, 0.6) is 0 Å². The van der Waals surface area contributed by atoms with Gasteiger partial charge in [0.1, 0.15) is 14.6 Å². The molecule has 2 aromatic rings. The van der Waals surface area contributed by atoms with E-state index in [0.29, 0.717) is 0 Å². The van der Waals surface area contributed by atoms with Crippen LogP contribution in [-0.4, -0.2) is 58.7 Å². The molecular formula is C22H29NO5SSi. The van der Waals surface area contributed by atoms with E-state index in [0.717, 1.165) is 20.3 Å². The van der Waals surface area contributed by atoms with Crippen LogP contribution in [-0.2, 0) is 19.6 Å². The summed E-state index contributed by atoms with van der Waals surface area (Å²) in [6.45, 7) is 5.44. The van der Waals surface area contributed by atoms with Crippen molar-refractivity contribution in [2.45, 2.75) is 24.9 Å². The molecule has 2 rings (SSSR count). The third-order valence-electron chi connectivity index (χ3n) is 5.17. The Balaban J connectivity index is 2.48. The first-order valence-electron chi connectivity index (χ1n) is 9.62. The van der Waals surface area contributed by atoms with Crippen molar-refractivity contribution in [1.82, 2.24) is 4.31 Å². The number of esters is 1. The van der Waals surface area contributed by atoms with E-state index in [1.54, 1.807) is 18.2 Å². The van der Waals surface area contributed by atoms with E-state index < -0.39 is 30.6 Å². The molecule has 0 aromatic heterocycles. The standard InChI is InChI=1S/C22H29NO5SSi/c1-18-10-12-19(13-11-18)29(26,27)23(17-22(25)28-2)16-21(14-15-24)30(3,4)20-8-6-5-7-9-20/h5-14,24H,15-17H2,1-4H3/b21-14+. The van der Waals surface area contributed by atoms with Gasteiger partial charge >= 0.3 is 5.97 Å². The van der Waals surface area contributed by atoms with Crippen LogP contribution in [0.25, 0.3) is 0 Å². The maximum Gasteiger partial charge on any atom is 0.321 e. The molecule has 1 N–H and O–H groups in total. The van der Waals surface area contributed by atoms with Crippen LogP contribution in [0.2, 0.25) is 13.1 Å². The van der Waals surface area contributed by atoms with Crippen molar-refractivity contribution in [2.24, 2.45) is 0 Å². The zero-order valence-electron chi connectivity index (χ0n) is 17.8. The molecule has 0 amide bonds. The minimum Gasteiger partial charge on any atom is -0.468 e. The van der Waals surface area contributed by atoms with Gasteiger partial charge < -0.3 is 9.84 Å². The van der Waals surface area contributed by atoms with Gasteiger partial charge in [-0.1, -0.05) is 77.6 Å². The largest absolute Gasteiger partial charge is 0.468 e. The first-order valence-corrected chi connectivity index (χ1v) is 14.1. The second-order valence-electron chi connectivity index (χ2n) is 7.57. The Morgan fingerprint density at radius 1 is 1.07 bits per heavy atom. The third-order valence-corrected chi connectivity index (χ3v) is 10.7. The van der Waals surface area contributed by atoms with E-state index in [2.05, 4.69) is 13.1 Å². The molecule has 0 saturated carbocycles. The molecule has 0 atom stereocenters. The molecule has 0 saturated heterocycles. The third kappa shape index (κ3) is 5.66. The number of rotatable bonds is 9. The average Bonchev–Trinajstić information content (AvgIpc) is 2.73. The van der Waals surface area contributed by atoms with Gasteiger partial charge in [0.25, 0.3) is 0 Å². The predicted molar refractivity (Wildman–Crippen MR) is 121 cm³/mol. The molecule has 0 spiro atoms. The summed E-state index contributed by atoms with van der Waals surface area (Å²) >= 11 is 0. The number of methoxy groups -OCH3 is 1. The van der Waals surface area contributed by atoms with E-state index in [9.17, 15) is 18.3 Å². The highest BCUT2D eigenvalue weighted by Crippen LogP contribution is 2.22. The summed E-state index contributed by atoms with van der Waals surface area (Å²) in [7, 11) is -5.02. The van der Waals surface area contributed by atoms with Crippen molar-refractivity contribution in [3.05, 3.63) is 71.4 Å². The SMILES string of the molecule is COC(=O)CN(C/C(=C\CO)[Si](C)(C)c1ccccc1)S(=O)(=O)c1ccc(C)cc1. The Hall–Kier alpha value is -2.26. The smallest absolute Gasteiger partial charge is 0.321 e. The first kappa shape index (κ1) is 24.0. The van der Waals surface area contributed by atoms with Gasteiger partial charge in [-0.05, 0) is 19.1 Å². The average molecular weight is 448 g/mol. The van der Waals surface area contributed by atoms with E-state index in [1.165, 1.54) is 19.2 Å². The van der Waals surface area contributed by atoms with Crippen molar-refractivity contribution >= 4 is 29.3 Å². The molecule has 162 valence electrons. The summed E-state index contributed by atoms with van der Waals surface area (Å²) < 4.78 is 32.6. The Morgan fingerprint density at radius 2 is 1.67 bits per heavy atom. The maximum absolute atomic E-state index is 13.3. The molecule has 0 radical (unpaired) electrons. The fourth-order valence-electron chi connectivity index (χ4n) is 3.15. The van der Waals surface area contributed by atoms with Gasteiger partial charge in [-0.25, -0.2) is 8.42 Å². The maximum atomic E-state index is 13.3. The van der Waals surface area contributed by atoms with Crippen molar-refractivity contribution in [3.63, 3.8) is 0 Å². The number of sulfonamides is 1. The molecule has 6 nitrogen and oxygen atoms in total. The predicted octanol–water partition coefficient (Wildman–Crippen LogP) is 2.23. The van der Waals surface area contributed by atoms with Gasteiger partial charge in [-0.2, -0.15) is 4.31 Å². The lowest BCUT2D eigenvalue weighted by molar-refractivity contribution is -0.140. The van der Waals surface area contributed by atoms with E-state index in [4.69, 9.17) is 4.74 Å². The van der Waals surface area contributed by atoms with Crippen LogP contribution in [0.15, 0.2) is 70.8 Å². The fraction of sp³-hybridized carbons (Fsp3) is 0.318. The quantitative estimate of drug-likeness (QED) is 0.471. The lowest BCUT2D eigenvalue weighted by Crippen LogP contribution is -2.49. The highest BCUT2D eigenvalue weighted by Gasteiger charge is 2.34. The molecule has 8 heteroatoms. The van der Waals surface area contributed by atoms with Crippen molar-refractivity contribution < 1.29 is 23.1 Å². The normalized spacial score (nSPS) is 12.8. The van der Waals surface area contributed by atoms with Gasteiger partial charge in [-0.15, -0.1) is 0 Å². The van der Waals surface area contributed by atoms with Crippen LogP contribution in [0.4, 0.5) is 0 Å². The highest BCUT2D eigenvalue weighted by molar-refractivity contribution is 7.89. The molecule has 30 heavy (non-hydrogen) atoms. The number of hydrogen-bond donors (Lipinski definition) is 1. The second-order valence-corrected chi connectivity index (χ2v) is 14.0. The van der Waals surface area contributed by atoms with Gasteiger partial charge in [-0.3, -0.25) is 4.79 Å². The molecule has 0 heterocycles. The van der Waals surface area contributed by atoms with Crippen molar-refractivity contribution in [2.75, 3.05) is 26.8 Å². The Morgan fingerprint density at radius 3 is 2.20 bits per heavy atom. The minimum atomic E-state index is -3.95. The lowest BCUT2D eigenvalue weighted by atomic mass is 10.2. The Kier molecular flexibility index (Phi) is 8.14. The zero-order chi connectivity index (χ0) is 22.4. The Bertz CT molecular complexity index is 986. The summed E-state index contributed by atoms with van der Waals surface area (Å²) in [4.78, 5) is 12.1. The van der Waals surface area contributed by atoms with Gasteiger partial charge in [0.2, 0.25) is 10.0 Å². The van der Waals surface area contributed by atoms with Crippen LogP contribution in [0.3, 0.4) is 0 Å². The summed E-state index contributed by atoms with van der Waals surface area (Å²) in [6.07, 6.45) is 1.66. The summed E-state index contributed by atoms with van der Waals surface area (Å²) in [6, 6.07) is 16.3. The Labute approximate surface area is 179 Å². The minimum absolute atomic E-state index is 0.0000136. The van der Waals surface area contributed by atoms with Gasteiger partial charge in [0, 0.05) is 6.54 Å². The molecule has 0 aliphatic heterocycles. The summed E-state index contributed by atoms with van der Waals surface area (Å²) in [5.74, 6) is -0.645. The number of hydrogen-bond acceptors (Lipinski definition) is 5. The van der Waals surface area contributed by atoms with Gasteiger partial charge in [0.05, 0.1) is 18.6 Å². The first-order chi connectivity index (χ1) is 14.1. The molecule has 0 unspecified atom stereocenters. The number of carbonyl (C=O) groups excluding carboxylic acids is 1. The number of nitrogens with zero attached hydrogens (tertiary/aromatic N) is 1. The monoisotopic (exact) mass is 447 g/mol. The van der Waals surface area contributed by atoms with Crippen LogP contribution in [0.1, 0.15) is 5.56 Å². The van der Waals surface area contributed by atoms with Crippen LogP contribution in [0, 0.1) is 6.92 Å². The van der Waals surface area contributed by atoms with Crippen LogP contribution < -0.4 is 5.19 Å². The molecule has 0 aliphatic rings. The molecule has 2 aromatic carbocycles. The number of aliphatic hydroxyl groups excluding tert-OH is 1. The molecule has 0 aliphatic carbocycles. The topological polar surface area (TPSA) is 83.9 Å². The summed E-state index contributed by atoms with van der Waals surface area (Å²) in [5, 5.41) is 11.5. The zero-order valence-corrected chi connectivity index (χ0v) is 19.6. The van der Waals surface area contributed by atoms with Gasteiger partial charge in [0.15, 0.2) is 0 Å². The van der Waals surface area contributed by atoms with Crippen molar-refractivity contribution in [3.8, 4) is 0 Å². The molecule has 0 bridgehead atoms. The number of aliphatic hydroxyl groups is 1. The lowest BCUT2D eigenvalue weighted by Gasteiger charge is -2.31.